The lowest BCUT2D eigenvalue weighted by molar-refractivity contribution is 1.22. The molecule has 2 heterocycles. The van der Waals surface area contributed by atoms with Crippen LogP contribution in [0.5, 0.6) is 0 Å². The lowest BCUT2D eigenvalue weighted by atomic mass is 10.5. The molecule has 0 radical (unpaired) electrons. The summed E-state index contributed by atoms with van der Waals surface area (Å²) in [5, 5.41) is 0. The van der Waals surface area contributed by atoms with Gasteiger partial charge < -0.3 is 0 Å². The molecular formula is C10H8N2S. The highest BCUT2D eigenvalue weighted by Gasteiger charge is 1.94. The van der Waals surface area contributed by atoms with E-state index >= 15 is 0 Å². The minimum absolute atomic E-state index is 1.15. The number of aromatic nitrogens is 2. The summed E-state index contributed by atoms with van der Waals surface area (Å²) in [6.07, 6.45) is 7.21. The molecule has 0 N–H and O–H groups in total. The van der Waals surface area contributed by atoms with Crippen LogP contribution >= 0.6 is 11.8 Å². The summed E-state index contributed by atoms with van der Waals surface area (Å²) in [4.78, 5) is 10.3. The first kappa shape index (κ1) is 8.26. The summed E-state index contributed by atoms with van der Waals surface area (Å²) >= 11 is 1.69. The predicted octanol–water partition coefficient (Wildman–Crippen LogP) is 2.63. The molecule has 0 saturated carbocycles. The molecule has 0 spiro atoms. The Morgan fingerprint density at radius 1 is 0.846 bits per heavy atom. The fraction of sp³-hybridized carbons (Fsp3) is 0. The van der Waals surface area contributed by atoms with E-state index in [1.54, 1.807) is 30.4 Å². The average Bonchev–Trinajstić information content (AvgIpc) is 2.21. The van der Waals surface area contributed by atoms with Gasteiger partial charge in [-0.1, -0.05) is 11.8 Å². The molecule has 0 aromatic carbocycles. The van der Waals surface area contributed by atoms with Crippen LogP contribution in [0.3, 0.4) is 0 Å². The van der Waals surface area contributed by atoms with Crippen molar-refractivity contribution in [3.05, 3.63) is 49.1 Å². The largest absolute Gasteiger partial charge is 0.265 e. The number of nitrogens with zero attached hydrogens (tertiary/aromatic N) is 2. The maximum atomic E-state index is 4.04. The van der Waals surface area contributed by atoms with Crippen molar-refractivity contribution in [2.24, 2.45) is 0 Å². The Labute approximate surface area is 81.1 Å². The second kappa shape index (κ2) is 4.05. The van der Waals surface area contributed by atoms with E-state index in [4.69, 9.17) is 0 Å². The molecule has 2 nitrogen and oxygen atoms in total. The van der Waals surface area contributed by atoms with Crippen LogP contribution in [0.2, 0.25) is 0 Å². The van der Waals surface area contributed by atoms with Crippen LogP contribution in [0.25, 0.3) is 0 Å². The summed E-state index contributed by atoms with van der Waals surface area (Å²) in [5.74, 6) is 0. The molecule has 0 unspecified atom stereocenters. The molecule has 2 aromatic heterocycles. The van der Waals surface area contributed by atoms with Crippen molar-refractivity contribution < 1.29 is 0 Å². The van der Waals surface area contributed by atoms with Crippen molar-refractivity contribution in [3.8, 4) is 0 Å². The van der Waals surface area contributed by atoms with Crippen LogP contribution in [-0.2, 0) is 0 Å². The fourth-order valence-corrected chi connectivity index (χ4v) is 1.74. The van der Waals surface area contributed by atoms with E-state index in [1.807, 2.05) is 30.5 Å². The van der Waals surface area contributed by atoms with E-state index < -0.39 is 0 Å². The minimum atomic E-state index is 1.15. The average molecular weight is 188 g/mol. The molecule has 0 bridgehead atoms. The van der Waals surface area contributed by atoms with Crippen molar-refractivity contribution in [1.82, 2.24) is 9.97 Å². The number of rotatable bonds is 2. The van der Waals surface area contributed by atoms with E-state index in [0.29, 0.717) is 0 Å². The smallest absolute Gasteiger partial charge is 0.0407 e. The monoisotopic (exact) mass is 188 g/mol. The third-order valence-electron chi connectivity index (χ3n) is 1.52. The molecule has 0 fully saturated rings. The van der Waals surface area contributed by atoms with Gasteiger partial charge in [-0.2, -0.15) is 0 Å². The third-order valence-corrected chi connectivity index (χ3v) is 2.50. The van der Waals surface area contributed by atoms with Crippen LogP contribution in [0.4, 0.5) is 0 Å². The molecule has 2 aromatic rings. The SMILES string of the molecule is c1cncc(Sc2ccncc2)c1. The van der Waals surface area contributed by atoms with Gasteiger partial charge in [0.05, 0.1) is 0 Å². The normalized spacial score (nSPS) is 9.85. The van der Waals surface area contributed by atoms with Crippen molar-refractivity contribution in [2.75, 3.05) is 0 Å². The van der Waals surface area contributed by atoms with Crippen LogP contribution < -0.4 is 0 Å². The highest BCUT2D eigenvalue weighted by atomic mass is 32.2. The Kier molecular flexibility index (Phi) is 2.57. The Hall–Kier alpha value is -1.35. The molecular weight excluding hydrogens is 180 g/mol. The standard InChI is InChI=1S/C10H8N2S/c1-2-10(8-12-5-1)13-9-3-6-11-7-4-9/h1-8H. The van der Waals surface area contributed by atoms with Gasteiger partial charge in [0, 0.05) is 34.6 Å². The van der Waals surface area contributed by atoms with Crippen molar-refractivity contribution >= 4 is 11.8 Å². The van der Waals surface area contributed by atoms with Gasteiger partial charge in [-0.15, -0.1) is 0 Å². The minimum Gasteiger partial charge on any atom is -0.265 e. The van der Waals surface area contributed by atoms with Crippen LogP contribution in [0.1, 0.15) is 0 Å². The fourth-order valence-electron chi connectivity index (χ4n) is 0.950. The highest BCUT2D eigenvalue weighted by Crippen LogP contribution is 2.25. The molecule has 2 rings (SSSR count). The van der Waals surface area contributed by atoms with Gasteiger partial charge >= 0.3 is 0 Å². The molecule has 0 aliphatic heterocycles. The summed E-state index contributed by atoms with van der Waals surface area (Å²) in [7, 11) is 0. The molecule has 0 amide bonds. The second-order valence-corrected chi connectivity index (χ2v) is 3.62. The summed E-state index contributed by atoms with van der Waals surface area (Å²) < 4.78 is 0. The van der Waals surface area contributed by atoms with Gasteiger partial charge in [-0.25, -0.2) is 0 Å². The first-order chi connectivity index (χ1) is 6.45. The topological polar surface area (TPSA) is 25.8 Å². The molecule has 3 heteroatoms. The van der Waals surface area contributed by atoms with Crippen LogP contribution in [-0.4, -0.2) is 9.97 Å². The Bertz CT molecular complexity index is 324. The maximum Gasteiger partial charge on any atom is 0.0407 e. The molecule has 64 valence electrons. The van der Waals surface area contributed by atoms with Gasteiger partial charge in [0.1, 0.15) is 0 Å². The predicted molar refractivity (Wildman–Crippen MR) is 52.6 cm³/mol. The number of hydrogen-bond acceptors (Lipinski definition) is 3. The first-order valence-electron chi connectivity index (χ1n) is 3.93. The quantitative estimate of drug-likeness (QED) is 0.724. The van der Waals surface area contributed by atoms with E-state index in [2.05, 4.69) is 9.97 Å². The van der Waals surface area contributed by atoms with E-state index in [-0.39, 0.29) is 0 Å². The number of hydrogen-bond donors (Lipinski definition) is 0. The van der Waals surface area contributed by atoms with Crippen molar-refractivity contribution in [3.63, 3.8) is 0 Å². The van der Waals surface area contributed by atoms with Gasteiger partial charge in [-0.3, -0.25) is 9.97 Å². The summed E-state index contributed by atoms with van der Waals surface area (Å²) in [6, 6.07) is 7.94. The Morgan fingerprint density at radius 3 is 2.38 bits per heavy atom. The summed E-state index contributed by atoms with van der Waals surface area (Å²) in [6.45, 7) is 0. The van der Waals surface area contributed by atoms with E-state index in [1.165, 1.54) is 4.90 Å². The van der Waals surface area contributed by atoms with E-state index in [9.17, 15) is 0 Å². The van der Waals surface area contributed by atoms with Gasteiger partial charge in [0.25, 0.3) is 0 Å². The Morgan fingerprint density at radius 2 is 1.69 bits per heavy atom. The highest BCUT2D eigenvalue weighted by molar-refractivity contribution is 7.99. The molecule has 13 heavy (non-hydrogen) atoms. The van der Waals surface area contributed by atoms with Gasteiger partial charge in [-0.05, 0) is 24.3 Å². The first-order valence-corrected chi connectivity index (χ1v) is 4.75. The summed E-state index contributed by atoms with van der Waals surface area (Å²) in [5.41, 5.74) is 0. The lowest BCUT2D eigenvalue weighted by Crippen LogP contribution is -1.75. The maximum absolute atomic E-state index is 4.04. The zero-order valence-corrected chi connectivity index (χ0v) is 7.74. The molecule has 0 aliphatic rings. The van der Waals surface area contributed by atoms with Crippen molar-refractivity contribution in [2.45, 2.75) is 9.79 Å². The van der Waals surface area contributed by atoms with Gasteiger partial charge in [0.2, 0.25) is 0 Å². The third kappa shape index (κ3) is 2.29. The zero-order valence-electron chi connectivity index (χ0n) is 6.92. The molecule has 0 saturated heterocycles. The Balaban J connectivity index is 2.16. The zero-order chi connectivity index (χ0) is 8.93. The molecule has 0 atom stereocenters. The lowest BCUT2D eigenvalue weighted by Gasteiger charge is -1.98. The van der Waals surface area contributed by atoms with Crippen molar-refractivity contribution in [1.29, 1.82) is 0 Å². The number of pyridine rings is 2. The van der Waals surface area contributed by atoms with E-state index in [0.717, 1.165) is 4.90 Å². The molecule has 0 aliphatic carbocycles. The van der Waals surface area contributed by atoms with Gasteiger partial charge in [0.15, 0.2) is 0 Å². The van der Waals surface area contributed by atoms with Crippen LogP contribution in [0.15, 0.2) is 58.8 Å². The second-order valence-electron chi connectivity index (χ2n) is 2.47. The van der Waals surface area contributed by atoms with Crippen LogP contribution in [0, 0.1) is 0 Å².